The van der Waals surface area contributed by atoms with E-state index in [4.69, 9.17) is 0 Å². The zero-order valence-corrected chi connectivity index (χ0v) is 18.2. The molecule has 1 N–H and O–H groups in total. The third kappa shape index (κ3) is 6.31. The maximum absolute atomic E-state index is 12.5. The number of amides is 3. The van der Waals surface area contributed by atoms with Crippen molar-refractivity contribution in [3.63, 3.8) is 0 Å². The summed E-state index contributed by atoms with van der Waals surface area (Å²) in [6, 6.07) is 17.2. The van der Waals surface area contributed by atoms with Gasteiger partial charge in [0.25, 0.3) is 0 Å². The number of ketones is 1. The molecule has 3 rings (SSSR count). The second kappa shape index (κ2) is 10.6. The number of Topliss-reactive ketones (excluding diaryl/α,β-unsaturated/α-hetero) is 1. The maximum Gasteiger partial charge on any atom is 0.317 e. The van der Waals surface area contributed by atoms with E-state index < -0.39 is 0 Å². The van der Waals surface area contributed by atoms with E-state index >= 15 is 0 Å². The van der Waals surface area contributed by atoms with Gasteiger partial charge in [-0.2, -0.15) is 0 Å². The molecule has 1 fully saturated rings. The molecule has 7 nitrogen and oxygen atoms in total. The van der Waals surface area contributed by atoms with Gasteiger partial charge in [-0.05, 0) is 36.8 Å². The van der Waals surface area contributed by atoms with E-state index in [1.165, 1.54) is 0 Å². The first kappa shape index (κ1) is 22.3. The summed E-state index contributed by atoms with van der Waals surface area (Å²) in [5.74, 6) is 0.109. The van der Waals surface area contributed by atoms with Crippen molar-refractivity contribution >= 4 is 23.4 Å². The van der Waals surface area contributed by atoms with Crippen molar-refractivity contribution in [3.05, 3.63) is 65.7 Å². The highest BCUT2D eigenvalue weighted by Gasteiger charge is 2.21. The molecule has 7 heteroatoms. The van der Waals surface area contributed by atoms with Gasteiger partial charge in [0.15, 0.2) is 5.78 Å². The van der Waals surface area contributed by atoms with Gasteiger partial charge in [0.1, 0.15) is 0 Å². The van der Waals surface area contributed by atoms with Crippen molar-refractivity contribution in [2.75, 3.05) is 44.7 Å². The molecule has 1 saturated heterocycles. The van der Waals surface area contributed by atoms with Gasteiger partial charge in [0.05, 0.1) is 0 Å². The second-order valence-electron chi connectivity index (χ2n) is 7.79. The topological polar surface area (TPSA) is 73.0 Å². The average molecular weight is 423 g/mol. The van der Waals surface area contributed by atoms with Crippen LogP contribution in [-0.4, -0.2) is 67.3 Å². The van der Waals surface area contributed by atoms with Crippen LogP contribution in [0.15, 0.2) is 54.6 Å². The summed E-state index contributed by atoms with van der Waals surface area (Å²) in [6.07, 6.45) is 0.290. The Morgan fingerprint density at radius 3 is 2.19 bits per heavy atom. The fourth-order valence-electron chi connectivity index (χ4n) is 3.62. The zero-order valence-electron chi connectivity index (χ0n) is 18.2. The Labute approximate surface area is 183 Å². The standard InChI is InChI=1S/C24H30N4O3/c1-19(29)21-8-10-22(11-9-21)27-14-16-28(17-15-27)23(30)12-13-25-24(31)26(2)18-20-6-4-3-5-7-20/h3-11H,12-18H2,1-2H3,(H,25,31). The van der Waals surface area contributed by atoms with Crippen LogP contribution >= 0.6 is 0 Å². The Balaban J connectivity index is 1.38. The fourth-order valence-corrected chi connectivity index (χ4v) is 3.62. The number of nitrogens with zero attached hydrogens (tertiary/aromatic N) is 3. The number of piperazine rings is 1. The van der Waals surface area contributed by atoms with Crippen molar-refractivity contribution in [1.82, 2.24) is 15.1 Å². The van der Waals surface area contributed by atoms with Crippen LogP contribution in [0.2, 0.25) is 0 Å². The summed E-state index contributed by atoms with van der Waals surface area (Å²) >= 11 is 0. The molecular weight excluding hydrogens is 392 g/mol. The predicted octanol–water partition coefficient (Wildman–Crippen LogP) is 2.77. The van der Waals surface area contributed by atoms with Gasteiger partial charge in [-0.3, -0.25) is 9.59 Å². The molecule has 0 radical (unpaired) electrons. The number of hydrogen-bond acceptors (Lipinski definition) is 4. The number of carbonyl (C=O) groups is 3. The number of nitrogens with one attached hydrogen (secondary N) is 1. The molecule has 0 unspecified atom stereocenters. The summed E-state index contributed by atoms with van der Waals surface area (Å²) in [7, 11) is 1.74. The fraction of sp³-hybridized carbons (Fsp3) is 0.375. The lowest BCUT2D eigenvalue weighted by atomic mass is 10.1. The molecule has 1 heterocycles. The first-order valence-corrected chi connectivity index (χ1v) is 10.6. The average Bonchev–Trinajstić information content (AvgIpc) is 2.79. The molecule has 3 amide bonds. The number of urea groups is 1. The molecule has 0 atom stereocenters. The highest BCUT2D eigenvalue weighted by molar-refractivity contribution is 5.94. The van der Waals surface area contributed by atoms with Crippen LogP contribution in [0.5, 0.6) is 0 Å². The Morgan fingerprint density at radius 1 is 0.935 bits per heavy atom. The number of carbonyl (C=O) groups excluding carboxylic acids is 3. The molecule has 1 aliphatic rings. The third-order valence-corrected chi connectivity index (χ3v) is 5.50. The molecule has 31 heavy (non-hydrogen) atoms. The number of rotatable bonds is 7. The largest absolute Gasteiger partial charge is 0.368 e. The molecule has 2 aromatic carbocycles. The van der Waals surface area contributed by atoms with Gasteiger partial charge < -0.3 is 20.0 Å². The van der Waals surface area contributed by atoms with Crippen molar-refractivity contribution in [2.24, 2.45) is 0 Å². The normalized spacial score (nSPS) is 13.6. The summed E-state index contributed by atoms with van der Waals surface area (Å²) in [5.41, 5.74) is 2.82. The van der Waals surface area contributed by atoms with Gasteiger partial charge in [-0.1, -0.05) is 30.3 Å². The van der Waals surface area contributed by atoms with E-state index in [1.807, 2.05) is 59.5 Å². The van der Waals surface area contributed by atoms with Gasteiger partial charge in [-0.15, -0.1) is 0 Å². The van der Waals surface area contributed by atoms with Crippen molar-refractivity contribution in [1.29, 1.82) is 0 Å². The summed E-state index contributed by atoms with van der Waals surface area (Å²) < 4.78 is 0. The first-order valence-electron chi connectivity index (χ1n) is 10.6. The van der Waals surface area contributed by atoms with E-state index in [9.17, 15) is 14.4 Å². The minimum absolute atomic E-state index is 0.0533. The van der Waals surface area contributed by atoms with Crippen molar-refractivity contribution < 1.29 is 14.4 Å². The van der Waals surface area contributed by atoms with Crippen molar-refractivity contribution in [3.8, 4) is 0 Å². The third-order valence-electron chi connectivity index (χ3n) is 5.50. The van der Waals surface area contributed by atoms with Crippen LogP contribution < -0.4 is 10.2 Å². The van der Waals surface area contributed by atoms with Gasteiger partial charge >= 0.3 is 6.03 Å². The minimum atomic E-state index is -0.185. The van der Waals surface area contributed by atoms with Crippen LogP contribution in [0.25, 0.3) is 0 Å². The summed E-state index contributed by atoms with van der Waals surface area (Å²) in [4.78, 5) is 41.8. The van der Waals surface area contributed by atoms with E-state index in [1.54, 1.807) is 18.9 Å². The Kier molecular flexibility index (Phi) is 7.65. The molecule has 0 aliphatic carbocycles. The molecule has 0 aromatic heterocycles. The number of anilines is 1. The first-order chi connectivity index (χ1) is 14.9. The van der Waals surface area contributed by atoms with Crippen molar-refractivity contribution in [2.45, 2.75) is 19.9 Å². The zero-order chi connectivity index (χ0) is 22.2. The van der Waals surface area contributed by atoms with Crippen LogP contribution in [0.1, 0.15) is 29.3 Å². The Hall–Kier alpha value is -3.35. The van der Waals surface area contributed by atoms with Gasteiger partial charge in [-0.25, -0.2) is 4.79 Å². The Bertz CT molecular complexity index is 891. The van der Waals surface area contributed by atoms with Gasteiger partial charge in [0.2, 0.25) is 5.91 Å². The molecule has 0 bridgehead atoms. The highest BCUT2D eigenvalue weighted by Crippen LogP contribution is 2.18. The quantitative estimate of drug-likeness (QED) is 0.697. The lowest BCUT2D eigenvalue weighted by molar-refractivity contribution is -0.131. The van der Waals surface area contributed by atoms with Crippen LogP contribution in [0, 0.1) is 0 Å². The number of benzene rings is 2. The second-order valence-corrected chi connectivity index (χ2v) is 7.79. The van der Waals surface area contributed by atoms with Crippen LogP contribution in [0.4, 0.5) is 10.5 Å². The molecule has 0 spiro atoms. The monoisotopic (exact) mass is 422 g/mol. The Morgan fingerprint density at radius 2 is 1.58 bits per heavy atom. The molecule has 2 aromatic rings. The predicted molar refractivity (Wildman–Crippen MR) is 121 cm³/mol. The van der Waals surface area contributed by atoms with E-state index in [0.717, 1.165) is 24.3 Å². The SMILES string of the molecule is CC(=O)c1ccc(N2CCN(C(=O)CCNC(=O)N(C)Cc3ccccc3)CC2)cc1. The summed E-state index contributed by atoms with van der Waals surface area (Å²) in [5, 5.41) is 2.82. The summed E-state index contributed by atoms with van der Waals surface area (Å²) in [6.45, 7) is 5.20. The smallest absolute Gasteiger partial charge is 0.317 e. The molecular formula is C24H30N4O3. The van der Waals surface area contributed by atoms with Crippen LogP contribution in [0.3, 0.4) is 0 Å². The van der Waals surface area contributed by atoms with Gasteiger partial charge in [0, 0.05) is 64.0 Å². The lowest BCUT2D eigenvalue weighted by Crippen LogP contribution is -2.49. The van der Waals surface area contributed by atoms with E-state index in [2.05, 4.69) is 10.2 Å². The highest BCUT2D eigenvalue weighted by atomic mass is 16.2. The maximum atomic E-state index is 12.5. The van der Waals surface area contributed by atoms with E-state index in [0.29, 0.717) is 31.7 Å². The van der Waals surface area contributed by atoms with Crippen LogP contribution in [-0.2, 0) is 11.3 Å². The minimum Gasteiger partial charge on any atom is -0.368 e. The lowest BCUT2D eigenvalue weighted by Gasteiger charge is -2.36. The molecule has 164 valence electrons. The molecule has 1 aliphatic heterocycles. The molecule has 0 saturated carbocycles. The number of hydrogen-bond donors (Lipinski definition) is 1. The van der Waals surface area contributed by atoms with E-state index in [-0.39, 0.29) is 24.1 Å².